The summed E-state index contributed by atoms with van der Waals surface area (Å²) in [6, 6.07) is 14.1. The standard InChI is InChI=1S/C25H19BrN2O7/c1-14-4-3-5-15(10-14)23(30)35-20-8-6-17(26)11-16(20)12-19-22(29)28(25(32)27-19)13-18-7-9-21(34-18)24(31)33-2/h3-12H,13H2,1-2H3,(H,27,32)/b19-12+. The topological polar surface area (TPSA) is 115 Å². The average molecular weight is 539 g/mol. The second-order valence-corrected chi connectivity index (χ2v) is 8.49. The van der Waals surface area contributed by atoms with Crippen LogP contribution in [0.5, 0.6) is 5.75 Å². The molecule has 2 heterocycles. The maximum absolute atomic E-state index is 12.9. The summed E-state index contributed by atoms with van der Waals surface area (Å²) in [5.74, 6) is -1.44. The highest BCUT2D eigenvalue weighted by molar-refractivity contribution is 9.10. The highest BCUT2D eigenvalue weighted by atomic mass is 79.9. The van der Waals surface area contributed by atoms with Crippen LogP contribution in [0.4, 0.5) is 4.79 Å². The maximum atomic E-state index is 12.9. The fourth-order valence-electron chi connectivity index (χ4n) is 3.36. The van der Waals surface area contributed by atoms with E-state index in [-0.39, 0.29) is 29.5 Å². The van der Waals surface area contributed by atoms with Crippen molar-refractivity contribution in [3.05, 3.63) is 93.0 Å². The molecular weight excluding hydrogens is 520 g/mol. The van der Waals surface area contributed by atoms with E-state index in [1.54, 1.807) is 36.4 Å². The minimum Gasteiger partial charge on any atom is -0.463 e. The molecule has 1 aliphatic heterocycles. The van der Waals surface area contributed by atoms with Gasteiger partial charge in [-0.3, -0.25) is 9.69 Å². The Kier molecular flexibility index (Phi) is 6.83. The molecule has 10 heteroatoms. The molecule has 0 unspecified atom stereocenters. The summed E-state index contributed by atoms with van der Waals surface area (Å²) >= 11 is 3.37. The number of halogens is 1. The van der Waals surface area contributed by atoms with Crippen molar-refractivity contribution in [2.75, 3.05) is 7.11 Å². The fraction of sp³-hybridized carbons (Fsp3) is 0.120. The largest absolute Gasteiger partial charge is 0.463 e. The van der Waals surface area contributed by atoms with Crippen LogP contribution in [0, 0.1) is 6.92 Å². The molecule has 0 atom stereocenters. The third-order valence-corrected chi connectivity index (χ3v) is 5.55. The number of hydrogen-bond donors (Lipinski definition) is 1. The number of rotatable bonds is 6. The number of ether oxygens (including phenoxy) is 2. The second-order valence-electron chi connectivity index (χ2n) is 7.58. The van der Waals surface area contributed by atoms with E-state index in [1.165, 1.54) is 25.3 Å². The van der Waals surface area contributed by atoms with Crippen molar-refractivity contribution in [2.45, 2.75) is 13.5 Å². The molecule has 1 aromatic heterocycles. The molecule has 2 aromatic carbocycles. The van der Waals surface area contributed by atoms with E-state index < -0.39 is 23.9 Å². The number of furan rings is 1. The third-order valence-electron chi connectivity index (χ3n) is 5.05. The summed E-state index contributed by atoms with van der Waals surface area (Å²) in [7, 11) is 1.22. The fourth-order valence-corrected chi connectivity index (χ4v) is 3.73. The van der Waals surface area contributed by atoms with Crippen molar-refractivity contribution in [3.8, 4) is 5.75 Å². The third kappa shape index (κ3) is 5.33. The van der Waals surface area contributed by atoms with Gasteiger partial charge in [0.1, 0.15) is 17.2 Å². The van der Waals surface area contributed by atoms with Gasteiger partial charge in [-0.1, -0.05) is 33.6 Å². The van der Waals surface area contributed by atoms with Crippen molar-refractivity contribution in [1.29, 1.82) is 0 Å². The molecule has 1 N–H and O–H groups in total. The molecule has 1 fully saturated rings. The molecule has 0 radical (unpaired) electrons. The van der Waals surface area contributed by atoms with Crippen LogP contribution in [-0.2, 0) is 16.1 Å². The van der Waals surface area contributed by atoms with Gasteiger partial charge in [-0.15, -0.1) is 0 Å². The zero-order valence-corrected chi connectivity index (χ0v) is 20.2. The summed E-state index contributed by atoms with van der Waals surface area (Å²) in [6.45, 7) is 1.68. The van der Waals surface area contributed by atoms with E-state index >= 15 is 0 Å². The lowest BCUT2D eigenvalue weighted by atomic mass is 10.1. The van der Waals surface area contributed by atoms with E-state index in [1.807, 2.05) is 13.0 Å². The van der Waals surface area contributed by atoms with Gasteiger partial charge in [-0.25, -0.2) is 14.4 Å². The number of nitrogens with zero attached hydrogens (tertiary/aromatic N) is 1. The Hall–Kier alpha value is -4.18. The Balaban J connectivity index is 1.56. The monoisotopic (exact) mass is 538 g/mol. The van der Waals surface area contributed by atoms with Crippen LogP contribution in [0.1, 0.15) is 37.8 Å². The number of methoxy groups -OCH3 is 1. The van der Waals surface area contributed by atoms with Crippen LogP contribution >= 0.6 is 15.9 Å². The first-order chi connectivity index (χ1) is 16.7. The van der Waals surface area contributed by atoms with Crippen molar-refractivity contribution in [3.63, 3.8) is 0 Å². The first kappa shape index (κ1) is 24.0. The molecule has 4 rings (SSSR count). The summed E-state index contributed by atoms with van der Waals surface area (Å²) in [4.78, 5) is 50.5. The van der Waals surface area contributed by atoms with Crippen molar-refractivity contribution in [1.82, 2.24) is 10.2 Å². The Morgan fingerprint density at radius 1 is 1.09 bits per heavy atom. The van der Waals surface area contributed by atoms with Crippen LogP contribution in [0.25, 0.3) is 6.08 Å². The number of esters is 2. The SMILES string of the molecule is COC(=O)c1ccc(CN2C(=O)N/C(=C/c3cc(Br)ccc3OC(=O)c3cccc(C)c3)C2=O)o1. The summed E-state index contributed by atoms with van der Waals surface area (Å²) in [5, 5.41) is 2.51. The van der Waals surface area contributed by atoms with Gasteiger partial charge < -0.3 is 19.2 Å². The number of nitrogens with one attached hydrogen (secondary N) is 1. The number of carbonyl (C=O) groups excluding carboxylic acids is 4. The summed E-state index contributed by atoms with van der Waals surface area (Å²) in [5.41, 5.74) is 1.68. The van der Waals surface area contributed by atoms with Crippen molar-refractivity contribution >= 4 is 45.9 Å². The van der Waals surface area contributed by atoms with Gasteiger partial charge >= 0.3 is 18.0 Å². The van der Waals surface area contributed by atoms with Gasteiger partial charge in [0.15, 0.2) is 0 Å². The predicted octanol–water partition coefficient (Wildman–Crippen LogP) is 4.45. The number of urea groups is 1. The summed E-state index contributed by atoms with van der Waals surface area (Å²) in [6.07, 6.45) is 1.42. The first-order valence-corrected chi connectivity index (χ1v) is 11.1. The number of carbonyl (C=O) groups is 4. The Morgan fingerprint density at radius 3 is 2.63 bits per heavy atom. The van der Waals surface area contributed by atoms with E-state index in [0.29, 0.717) is 15.6 Å². The van der Waals surface area contributed by atoms with Gasteiger partial charge in [-0.2, -0.15) is 0 Å². The second kappa shape index (κ2) is 9.98. The number of amides is 3. The molecule has 9 nitrogen and oxygen atoms in total. The van der Waals surface area contributed by atoms with E-state index in [4.69, 9.17) is 9.15 Å². The molecule has 0 bridgehead atoms. The zero-order chi connectivity index (χ0) is 25.1. The molecule has 1 aliphatic rings. The van der Waals surface area contributed by atoms with Gasteiger partial charge in [0.2, 0.25) is 5.76 Å². The van der Waals surface area contributed by atoms with Crippen LogP contribution in [0.15, 0.2) is 69.2 Å². The smallest absolute Gasteiger partial charge is 0.373 e. The molecule has 3 amide bonds. The highest BCUT2D eigenvalue weighted by Crippen LogP contribution is 2.28. The Labute approximate surface area is 208 Å². The molecule has 178 valence electrons. The molecule has 0 saturated carbocycles. The van der Waals surface area contributed by atoms with Gasteiger partial charge in [0.05, 0.1) is 19.2 Å². The number of aryl methyl sites for hydroxylation is 1. The van der Waals surface area contributed by atoms with Gasteiger partial charge in [0, 0.05) is 10.0 Å². The minimum atomic E-state index is -0.670. The minimum absolute atomic E-state index is 0.0132. The van der Waals surface area contributed by atoms with Crippen LogP contribution in [0.2, 0.25) is 0 Å². The highest BCUT2D eigenvalue weighted by Gasteiger charge is 2.34. The van der Waals surface area contributed by atoms with Gasteiger partial charge in [-0.05, 0) is 55.5 Å². The average Bonchev–Trinajstić information content (AvgIpc) is 3.40. The van der Waals surface area contributed by atoms with Crippen molar-refractivity contribution < 1.29 is 33.1 Å². The molecule has 0 spiro atoms. The normalized spacial score (nSPS) is 14.3. The van der Waals surface area contributed by atoms with Crippen LogP contribution < -0.4 is 10.1 Å². The maximum Gasteiger partial charge on any atom is 0.373 e. The van der Waals surface area contributed by atoms with Gasteiger partial charge in [0.25, 0.3) is 5.91 Å². The van der Waals surface area contributed by atoms with E-state index in [2.05, 4.69) is 26.0 Å². The quantitative estimate of drug-likeness (QED) is 0.213. The zero-order valence-electron chi connectivity index (χ0n) is 18.7. The Bertz CT molecular complexity index is 1380. The molecule has 3 aromatic rings. The van der Waals surface area contributed by atoms with E-state index in [9.17, 15) is 19.2 Å². The number of benzene rings is 2. The van der Waals surface area contributed by atoms with Crippen LogP contribution in [-0.4, -0.2) is 35.9 Å². The predicted molar refractivity (Wildman–Crippen MR) is 127 cm³/mol. The van der Waals surface area contributed by atoms with Crippen LogP contribution in [0.3, 0.4) is 0 Å². The van der Waals surface area contributed by atoms with E-state index in [0.717, 1.165) is 10.5 Å². The Morgan fingerprint density at radius 2 is 1.89 bits per heavy atom. The molecule has 1 saturated heterocycles. The lowest BCUT2D eigenvalue weighted by molar-refractivity contribution is -0.123. The number of hydrogen-bond acceptors (Lipinski definition) is 7. The lowest BCUT2D eigenvalue weighted by Crippen LogP contribution is -2.30. The molecular formula is C25H19BrN2O7. The number of imide groups is 1. The molecule has 0 aliphatic carbocycles. The van der Waals surface area contributed by atoms with Crippen molar-refractivity contribution in [2.24, 2.45) is 0 Å². The lowest BCUT2D eigenvalue weighted by Gasteiger charge is -2.10. The first-order valence-electron chi connectivity index (χ1n) is 10.3. The summed E-state index contributed by atoms with van der Waals surface area (Å²) < 4.78 is 16.2. The molecule has 35 heavy (non-hydrogen) atoms.